The maximum atomic E-state index is 12.4. The molecule has 0 spiro atoms. The van der Waals surface area contributed by atoms with E-state index in [9.17, 15) is 4.79 Å². The first-order valence-electron chi connectivity index (χ1n) is 10.0. The average molecular weight is 389 g/mol. The van der Waals surface area contributed by atoms with Gasteiger partial charge < -0.3 is 10.2 Å². The molecule has 1 amide bonds. The molecule has 150 valence electrons. The van der Waals surface area contributed by atoms with Gasteiger partial charge in [0.1, 0.15) is 6.04 Å². The van der Waals surface area contributed by atoms with E-state index in [1.807, 2.05) is 49.4 Å². The molecular formula is C24H28N4O. The summed E-state index contributed by atoms with van der Waals surface area (Å²) in [7, 11) is 0. The lowest BCUT2D eigenvalue weighted by molar-refractivity contribution is -0.121. The van der Waals surface area contributed by atoms with Crippen molar-refractivity contribution in [1.82, 2.24) is 5.43 Å². The number of rotatable bonds is 8. The quantitative estimate of drug-likeness (QED) is 0.437. The fourth-order valence-electron chi connectivity index (χ4n) is 3.28. The summed E-state index contributed by atoms with van der Waals surface area (Å²) in [5, 5.41) is 9.60. The van der Waals surface area contributed by atoms with E-state index in [4.69, 9.17) is 0 Å². The highest BCUT2D eigenvalue weighted by Crippen LogP contribution is 2.23. The molecule has 0 aromatic heterocycles. The van der Waals surface area contributed by atoms with Gasteiger partial charge in [-0.25, -0.2) is 5.43 Å². The second kappa shape index (κ2) is 9.73. The van der Waals surface area contributed by atoms with Crippen LogP contribution in [0.25, 0.3) is 10.8 Å². The standard InChI is InChI=1S/C24H28N4O/c1-4-28(5-2)21-15-13-19(14-16-21)17-25-27-24(29)18(3)26-23-12-8-10-20-9-6-7-11-22(20)23/h6-18,26H,4-5H2,1-3H3,(H,27,29)/b25-17-/t18-/m0/s1. The van der Waals surface area contributed by atoms with Gasteiger partial charge in [-0.15, -0.1) is 0 Å². The van der Waals surface area contributed by atoms with Gasteiger partial charge in [0.25, 0.3) is 5.91 Å². The number of anilines is 2. The fraction of sp³-hybridized carbons (Fsp3) is 0.250. The Labute approximate surface area is 172 Å². The van der Waals surface area contributed by atoms with Gasteiger partial charge in [0.15, 0.2) is 0 Å². The minimum atomic E-state index is -0.414. The molecule has 0 bridgehead atoms. The predicted octanol–water partition coefficient (Wildman–Crippen LogP) is 4.64. The van der Waals surface area contributed by atoms with E-state index in [2.05, 4.69) is 58.9 Å². The summed E-state index contributed by atoms with van der Waals surface area (Å²) in [6.45, 7) is 8.05. The Morgan fingerprint density at radius 3 is 2.41 bits per heavy atom. The molecule has 1 atom stereocenters. The van der Waals surface area contributed by atoms with Crippen LogP contribution in [0.4, 0.5) is 11.4 Å². The normalized spacial score (nSPS) is 12.1. The molecule has 5 heteroatoms. The second-order valence-corrected chi connectivity index (χ2v) is 6.89. The zero-order valence-electron chi connectivity index (χ0n) is 17.2. The van der Waals surface area contributed by atoms with E-state index in [0.29, 0.717) is 0 Å². The smallest absolute Gasteiger partial charge is 0.262 e. The van der Waals surface area contributed by atoms with Crippen LogP contribution in [0.15, 0.2) is 71.8 Å². The van der Waals surface area contributed by atoms with Gasteiger partial charge in [0.2, 0.25) is 0 Å². The highest BCUT2D eigenvalue weighted by atomic mass is 16.2. The predicted molar refractivity (Wildman–Crippen MR) is 123 cm³/mol. The van der Waals surface area contributed by atoms with Crippen molar-refractivity contribution in [3.05, 3.63) is 72.3 Å². The van der Waals surface area contributed by atoms with Gasteiger partial charge in [-0.3, -0.25) is 4.79 Å². The van der Waals surface area contributed by atoms with Crippen molar-refractivity contribution >= 4 is 34.3 Å². The third kappa shape index (κ3) is 5.13. The van der Waals surface area contributed by atoms with Crippen LogP contribution in [-0.2, 0) is 4.79 Å². The molecule has 0 aliphatic rings. The van der Waals surface area contributed by atoms with Crippen molar-refractivity contribution < 1.29 is 4.79 Å². The lowest BCUT2D eigenvalue weighted by Crippen LogP contribution is -2.34. The molecule has 3 aromatic carbocycles. The minimum absolute atomic E-state index is 0.186. The van der Waals surface area contributed by atoms with E-state index >= 15 is 0 Å². The summed E-state index contributed by atoms with van der Waals surface area (Å²) in [5.74, 6) is -0.186. The van der Waals surface area contributed by atoms with Crippen LogP contribution in [0.2, 0.25) is 0 Å². The van der Waals surface area contributed by atoms with Crippen LogP contribution in [0.1, 0.15) is 26.3 Å². The van der Waals surface area contributed by atoms with Crippen LogP contribution < -0.4 is 15.6 Å². The zero-order valence-corrected chi connectivity index (χ0v) is 17.2. The summed E-state index contributed by atoms with van der Waals surface area (Å²) >= 11 is 0. The molecule has 0 radical (unpaired) electrons. The Morgan fingerprint density at radius 2 is 1.69 bits per heavy atom. The van der Waals surface area contributed by atoms with Crippen LogP contribution in [-0.4, -0.2) is 31.3 Å². The van der Waals surface area contributed by atoms with E-state index < -0.39 is 6.04 Å². The highest BCUT2D eigenvalue weighted by Gasteiger charge is 2.13. The topological polar surface area (TPSA) is 56.7 Å². The monoisotopic (exact) mass is 388 g/mol. The van der Waals surface area contributed by atoms with Crippen molar-refractivity contribution in [2.45, 2.75) is 26.8 Å². The summed E-state index contributed by atoms with van der Waals surface area (Å²) in [6.07, 6.45) is 1.66. The van der Waals surface area contributed by atoms with Gasteiger partial charge in [-0.1, -0.05) is 48.5 Å². The minimum Gasteiger partial charge on any atom is -0.373 e. The maximum Gasteiger partial charge on any atom is 0.262 e. The van der Waals surface area contributed by atoms with Crippen molar-refractivity contribution in [2.24, 2.45) is 5.10 Å². The van der Waals surface area contributed by atoms with E-state index in [1.165, 1.54) is 5.69 Å². The summed E-state index contributed by atoms with van der Waals surface area (Å²) < 4.78 is 0. The number of benzene rings is 3. The molecule has 3 aromatic rings. The highest BCUT2D eigenvalue weighted by molar-refractivity contribution is 5.96. The molecule has 0 heterocycles. The number of amides is 1. The Morgan fingerprint density at radius 1 is 1.00 bits per heavy atom. The van der Waals surface area contributed by atoms with Crippen LogP contribution >= 0.6 is 0 Å². The number of carbonyl (C=O) groups excluding carboxylic acids is 1. The third-order valence-corrected chi connectivity index (χ3v) is 4.96. The number of nitrogens with one attached hydrogen (secondary N) is 2. The Balaban J connectivity index is 1.58. The summed E-state index contributed by atoms with van der Waals surface area (Å²) in [5.41, 5.74) is 5.67. The zero-order chi connectivity index (χ0) is 20.6. The summed E-state index contributed by atoms with van der Waals surface area (Å²) in [6, 6.07) is 21.8. The van der Waals surface area contributed by atoms with Gasteiger partial charge in [0.05, 0.1) is 6.21 Å². The molecule has 2 N–H and O–H groups in total. The second-order valence-electron chi connectivity index (χ2n) is 6.89. The Bertz CT molecular complexity index is 972. The molecule has 0 fully saturated rings. The largest absolute Gasteiger partial charge is 0.373 e. The molecule has 0 aliphatic heterocycles. The van der Waals surface area contributed by atoms with Gasteiger partial charge in [-0.2, -0.15) is 5.10 Å². The van der Waals surface area contributed by atoms with E-state index in [-0.39, 0.29) is 5.91 Å². The van der Waals surface area contributed by atoms with Crippen LogP contribution in [0.3, 0.4) is 0 Å². The average Bonchev–Trinajstić information content (AvgIpc) is 2.76. The Hall–Kier alpha value is -3.34. The van der Waals surface area contributed by atoms with Crippen molar-refractivity contribution in [1.29, 1.82) is 0 Å². The summed E-state index contributed by atoms with van der Waals surface area (Å²) in [4.78, 5) is 14.7. The molecule has 0 saturated heterocycles. The third-order valence-electron chi connectivity index (χ3n) is 4.96. The van der Waals surface area contributed by atoms with Gasteiger partial charge >= 0.3 is 0 Å². The lowest BCUT2D eigenvalue weighted by atomic mass is 10.1. The number of hydrogen-bond donors (Lipinski definition) is 2. The number of nitrogens with zero attached hydrogens (tertiary/aromatic N) is 2. The van der Waals surface area contributed by atoms with E-state index in [1.54, 1.807) is 6.21 Å². The molecule has 0 saturated carbocycles. The fourth-order valence-corrected chi connectivity index (χ4v) is 3.28. The number of hydrogen-bond acceptors (Lipinski definition) is 4. The Kier molecular flexibility index (Phi) is 6.85. The molecule has 0 unspecified atom stereocenters. The maximum absolute atomic E-state index is 12.4. The van der Waals surface area contributed by atoms with Crippen molar-refractivity contribution in [3.8, 4) is 0 Å². The molecule has 29 heavy (non-hydrogen) atoms. The molecule has 3 rings (SSSR count). The molecule has 0 aliphatic carbocycles. The lowest BCUT2D eigenvalue weighted by Gasteiger charge is -2.20. The number of carbonyl (C=O) groups is 1. The van der Waals surface area contributed by atoms with Crippen molar-refractivity contribution in [3.63, 3.8) is 0 Å². The SMILES string of the molecule is CCN(CC)c1ccc(/C=N\NC(=O)[C@H](C)Nc2cccc3ccccc23)cc1. The molecule has 5 nitrogen and oxygen atoms in total. The van der Waals surface area contributed by atoms with Crippen molar-refractivity contribution in [2.75, 3.05) is 23.3 Å². The van der Waals surface area contributed by atoms with Crippen LogP contribution in [0.5, 0.6) is 0 Å². The van der Waals surface area contributed by atoms with Gasteiger partial charge in [-0.05, 0) is 49.9 Å². The van der Waals surface area contributed by atoms with E-state index in [0.717, 1.165) is 35.1 Å². The van der Waals surface area contributed by atoms with Gasteiger partial charge in [0, 0.05) is 29.9 Å². The first kappa shape index (κ1) is 20.4. The number of fused-ring (bicyclic) bond motifs is 1. The molecular weight excluding hydrogens is 360 g/mol. The first-order valence-corrected chi connectivity index (χ1v) is 10.0. The van der Waals surface area contributed by atoms with Crippen LogP contribution in [0, 0.1) is 0 Å². The number of hydrazone groups is 1. The first-order chi connectivity index (χ1) is 14.1.